The fourth-order valence-electron chi connectivity index (χ4n) is 2.41. The number of fused-ring (bicyclic) bond motifs is 1. The molecule has 20 heavy (non-hydrogen) atoms. The molecule has 0 radical (unpaired) electrons. The van der Waals surface area contributed by atoms with E-state index < -0.39 is 0 Å². The molecule has 0 unspecified atom stereocenters. The number of aromatic nitrogens is 1. The van der Waals surface area contributed by atoms with Crippen molar-refractivity contribution < 1.29 is 4.79 Å². The van der Waals surface area contributed by atoms with Crippen molar-refractivity contribution in [3.8, 4) is 0 Å². The molecular formula is C16H17N3O. The summed E-state index contributed by atoms with van der Waals surface area (Å²) in [5.41, 5.74) is 4.83. The van der Waals surface area contributed by atoms with Gasteiger partial charge in [0.15, 0.2) is 0 Å². The minimum absolute atomic E-state index is 0.0369. The van der Waals surface area contributed by atoms with Gasteiger partial charge < -0.3 is 10.6 Å². The molecule has 1 aromatic heterocycles. The Bertz CT molecular complexity index is 610. The van der Waals surface area contributed by atoms with Gasteiger partial charge in [-0.2, -0.15) is 0 Å². The van der Waals surface area contributed by atoms with Gasteiger partial charge in [-0.05, 0) is 34.4 Å². The summed E-state index contributed by atoms with van der Waals surface area (Å²) in [5, 5.41) is 6.28. The van der Waals surface area contributed by atoms with Crippen LogP contribution < -0.4 is 10.6 Å². The lowest BCUT2D eigenvalue weighted by molar-refractivity contribution is -0.120. The fourth-order valence-corrected chi connectivity index (χ4v) is 2.41. The molecule has 0 spiro atoms. The zero-order valence-electron chi connectivity index (χ0n) is 11.2. The summed E-state index contributed by atoms with van der Waals surface area (Å²) >= 11 is 0. The summed E-state index contributed by atoms with van der Waals surface area (Å²) in [6.45, 7) is 2.45. The lowest BCUT2D eigenvalue weighted by atomic mass is 10.1. The first-order valence-corrected chi connectivity index (χ1v) is 6.78. The first kappa shape index (κ1) is 12.8. The summed E-state index contributed by atoms with van der Waals surface area (Å²) in [6.07, 6.45) is 3.81. The highest BCUT2D eigenvalue weighted by atomic mass is 16.1. The minimum Gasteiger partial charge on any atom is -0.352 e. The van der Waals surface area contributed by atoms with Crippen LogP contribution in [0.2, 0.25) is 0 Å². The molecule has 2 heterocycles. The highest BCUT2D eigenvalue weighted by Crippen LogP contribution is 2.16. The van der Waals surface area contributed by atoms with Gasteiger partial charge in [-0.1, -0.05) is 18.2 Å². The van der Waals surface area contributed by atoms with E-state index in [1.165, 1.54) is 11.1 Å². The van der Waals surface area contributed by atoms with E-state index in [9.17, 15) is 4.79 Å². The zero-order chi connectivity index (χ0) is 13.8. The van der Waals surface area contributed by atoms with Crippen LogP contribution in [0, 0.1) is 0 Å². The van der Waals surface area contributed by atoms with Crippen molar-refractivity contribution in [1.29, 1.82) is 0 Å². The highest BCUT2D eigenvalue weighted by molar-refractivity contribution is 5.78. The third kappa shape index (κ3) is 3.03. The molecular weight excluding hydrogens is 250 g/mol. The standard InChI is InChI=1S/C16H17N3O/c20-16(8-12-3-5-17-6-4-12)19-9-13-1-2-14-10-18-11-15(14)7-13/h1-7,18H,8-11H2,(H,19,20). The third-order valence-corrected chi connectivity index (χ3v) is 3.51. The van der Waals surface area contributed by atoms with Crippen LogP contribution in [-0.2, 0) is 30.8 Å². The average Bonchev–Trinajstić information content (AvgIpc) is 2.93. The van der Waals surface area contributed by atoms with E-state index in [2.05, 4.69) is 33.8 Å². The van der Waals surface area contributed by atoms with E-state index >= 15 is 0 Å². The summed E-state index contributed by atoms with van der Waals surface area (Å²) in [4.78, 5) is 15.8. The molecule has 1 aliphatic heterocycles. The molecule has 102 valence electrons. The van der Waals surface area contributed by atoms with Gasteiger partial charge in [0.2, 0.25) is 5.91 Å². The number of pyridine rings is 1. The van der Waals surface area contributed by atoms with E-state index in [0.29, 0.717) is 13.0 Å². The minimum atomic E-state index is 0.0369. The van der Waals surface area contributed by atoms with Crippen molar-refractivity contribution in [2.45, 2.75) is 26.1 Å². The van der Waals surface area contributed by atoms with Gasteiger partial charge in [-0.15, -0.1) is 0 Å². The summed E-state index contributed by atoms with van der Waals surface area (Å²) in [6, 6.07) is 10.1. The molecule has 2 aromatic rings. The third-order valence-electron chi connectivity index (χ3n) is 3.51. The number of benzene rings is 1. The second-order valence-corrected chi connectivity index (χ2v) is 5.02. The number of amides is 1. The zero-order valence-corrected chi connectivity index (χ0v) is 11.2. The maximum absolute atomic E-state index is 11.9. The fraction of sp³-hybridized carbons (Fsp3) is 0.250. The van der Waals surface area contributed by atoms with Crippen LogP contribution in [0.4, 0.5) is 0 Å². The normalized spacial score (nSPS) is 13.0. The topological polar surface area (TPSA) is 54.0 Å². The SMILES string of the molecule is O=C(Cc1ccncc1)NCc1ccc2c(c1)CNC2. The largest absolute Gasteiger partial charge is 0.352 e. The molecule has 0 saturated heterocycles. The number of rotatable bonds is 4. The second kappa shape index (κ2) is 5.84. The molecule has 0 bridgehead atoms. The lowest BCUT2D eigenvalue weighted by Crippen LogP contribution is -2.24. The summed E-state index contributed by atoms with van der Waals surface area (Å²) in [7, 11) is 0. The van der Waals surface area contributed by atoms with E-state index in [1.54, 1.807) is 12.4 Å². The number of hydrogen-bond acceptors (Lipinski definition) is 3. The number of carbonyl (C=O) groups is 1. The van der Waals surface area contributed by atoms with Crippen LogP contribution in [0.15, 0.2) is 42.7 Å². The van der Waals surface area contributed by atoms with Crippen molar-refractivity contribution in [1.82, 2.24) is 15.6 Å². The maximum Gasteiger partial charge on any atom is 0.224 e. The van der Waals surface area contributed by atoms with Crippen molar-refractivity contribution in [3.63, 3.8) is 0 Å². The summed E-state index contributed by atoms with van der Waals surface area (Å²) < 4.78 is 0. The monoisotopic (exact) mass is 267 g/mol. The highest BCUT2D eigenvalue weighted by Gasteiger charge is 2.10. The van der Waals surface area contributed by atoms with Crippen LogP contribution >= 0.6 is 0 Å². The molecule has 4 heteroatoms. The molecule has 3 rings (SSSR count). The van der Waals surface area contributed by atoms with E-state index in [4.69, 9.17) is 0 Å². The van der Waals surface area contributed by atoms with Gasteiger partial charge in [0, 0.05) is 32.0 Å². The van der Waals surface area contributed by atoms with Gasteiger partial charge in [0.25, 0.3) is 0 Å². The van der Waals surface area contributed by atoms with Gasteiger partial charge in [-0.25, -0.2) is 0 Å². The van der Waals surface area contributed by atoms with Gasteiger partial charge in [0.1, 0.15) is 0 Å². The molecule has 1 aromatic carbocycles. The smallest absolute Gasteiger partial charge is 0.224 e. The molecule has 0 saturated carbocycles. The van der Waals surface area contributed by atoms with Gasteiger partial charge >= 0.3 is 0 Å². The Hall–Kier alpha value is -2.20. The van der Waals surface area contributed by atoms with Crippen molar-refractivity contribution in [2.24, 2.45) is 0 Å². The molecule has 0 aliphatic carbocycles. The van der Waals surface area contributed by atoms with Crippen LogP contribution in [0.5, 0.6) is 0 Å². The van der Waals surface area contributed by atoms with E-state index in [0.717, 1.165) is 24.2 Å². The Balaban J connectivity index is 1.55. The molecule has 1 amide bonds. The Kier molecular flexibility index (Phi) is 3.74. The van der Waals surface area contributed by atoms with Crippen LogP contribution in [0.1, 0.15) is 22.3 Å². The average molecular weight is 267 g/mol. The quantitative estimate of drug-likeness (QED) is 0.883. The first-order chi connectivity index (χ1) is 9.81. The van der Waals surface area contributed by atoms with Gasteiger partial charge in [0.05, 0.1) is 6.42 Å². The predicted molar refractivity (Wildman–Crippen MR) is 76.8 cm³/mol. The van der Waals surface area contributed by atoms with Crippen molar-refractivity contribution in [3.05, 3.63) is 65.0 Å². The lowest BCUT2D eigenvalue weighted by Gasteiger charge is -2.07. The van der Waals surface area contributed by atoms with Crippen molar-refractivity contribution >= 4 is 5.91 Å². The molecule has 1 aliphatic rings. The Morgan fingerprint density at radius 3 is 2.75 bits per heavy atom. The second-order valence-electron chi connectivity index (χ2n) is 5.02. The Labute approximate surface area is 118 Å². The molecule has 0 atom stereocenters. The van der Waals surface area contributed by atoms with Crippen LogP contribution in [0.3, 0.4) is 0 Å². The maximum atomic E-state index is 11.9. The van der Waals surface area contributed by atoms with Crippen LogP contribution in [0.25, 0.3) is 0 Å². The number of nitrogens with zero attached hydrogens (tertiary/aromatic N) is 1. The number of nitrogens with one attached hydrogen (secondary N) is 2. The van der Waals surface area contributed by atoms with E-state index in [1.807, 2.05) is 12.1 Å². The molecule has 4 nitrogen and oxygen atoms in total. The first-order valence-electron chi connectivity index (χ1n) is 6.78. The molecule has 2 N–H and O–H groups in total. The Morgan fingerprint density at radius 2 is 1.90 bits per heavy atom. The van der Waals surface area contributed by atoms with E-state index in [-0.39, 0.29) is 5.91 Å². The number of carbonyl (C=O) groups excluding carboxylic acids is 1. The molecule has 0 fully saturated rings. The summed E-state index contributed by atoms with van der Waals surface area (Å²) in [5.74, 6) is 0.0369. The predicted octanol–water partition coefficient (Wildman–Crippen LogP) is 1.54. The van der Waals surface area contributed by atoms with Crippen molar-refractivity contribution in [2.75, 3.05) is 0 Å². The van der Waals surface area contributed by atoms with Crippen LogP contribution in [-0.4, -0.2) is 10.9 Å². The van der Waals surface area contributed by atoms with Gasteiger partial charge in [-0.3, -0.25) is 9.78 Å². The number of hydrogen-bond donors (Lipinski definition) is 2. The Morgan fingerprint density at radius 1 is 1.10 bits per heavy atom.